The molecule has 0 heterocycles. The van der Waals surface area contributed by atoms with Gasteiger partial charge in [0.2, 0.25) is 0 Å². The van der Waals surface area contributed by atoms with E-state index in [0.29, 0.717) is 5.56 Å². The number of benzene rings is 1. The van der Waals surface area contributed by atoms with Gasteiger partial charge in [0.1, 0.15) is 5.82 Å². The number of rotatable bonds is 1. The molecule has 0 aliphatic rings. The van der Waals surface area contributed by atoms with Crippen LogP contribution in [-0.2, 0) is 0 Å². The summed E-state index contributed by atoms with van der Waals surface area (Å²) in [5.74, 6) is -0.373. The first-order valence-corrected chi connectivity index (χ1v) is 3.53. The second-order valence-electron chi connectivity index (χ2n) is 1.78. The maximum Gasteiger partial charge on any atom is 0.252 e. The minimum atomic E-state index is -0.569. The highest BCUT2D eigenvalue weighted by Crippen LogP contribution is 2.04. The Balaban J connectivity index is -0.000000284. The lowest BCUT2D eigenvalue weighted by Gasteiger charge is -1.90. The fraction of sp³-hybridized carbons (Fsp3) is 0. The Morgan fingerprint density at radius 1 is 1.14 bits per heavy atom. The summed E-state index contributed by atoms with van der Waals surface area (Å²) >= 11 is 5.09. The van der Waals surface area contributed by atoms with Crippen LogP contribution < -0.4 is 0 Å². The molecule has 0 aliphatic heterocycles. The zero-order chi connectivity index (χ0) is 9.56. The number of hydrogen-bond donors (Lipinski definition) is 0. The molecule has 0 atom stereocenters. The van der Waals surface area contributed by atoms with Gasteiger partial charge in [-0.2, -0.15) is 0 Å². The third-order valence-corrected chi connectivity index (χ3v) is 1.29. The standard InChI is InChI=1S/C7H4ClFO.C2H4.2ClH/c8-7(10)5-1-3-6(9)4-2-5;1-2;;/h1-4H;1-2H2;2*1H. The van der Waals surface area contributed by atoms with E-state index in [1.54, 1.807) is 0 Å². The molecule has 5 heteroatoms. The van der Waals surface area contributed by atoms with Crippen molar-refractivity contribution >= 4 is 41.7 Å². The summed E-state index contributed by atoms with van der Waals surface area (Å²) in [6.45, 7) is 6.00. The average molecular weight is 260 g/mol. The molecule has 1 aromatic rings. The normalized spacial score (nSPS) is 7.00. The predicted octanol–water partition coefficient (Wildman–Crippen LogP) is 3.85. The van der Waals surface area contributed by atoms with Crippen molar-refractivity contribution in [1.82, 2.24) is 0 Å². The van der Waals surface area contributed by atoms with Crippen molar-refractivity contribution in [1.29, 1.82) is 0 Å². The topological polar surface area (TPSA) is 17.1 Å². The van der Waals surface area contributed by atoms with E-state index < -0.39 is 5.24 Å². The summed E-state index contributed by atoms with van der Waals surface area (Å²) in [5.41, 5.74) is 0.308. The fourth-order valence-electron chi connectivity index (χ4n) is 0.581. The van der Waals surface area contributed by atoms with E-state index in [4.69, 9.17) is 11.6 Å². The minimum absolute atomic E-state index is 0. The van der Waals surface area contributed by atoms with Gasteiger partial charge in [0, 0.05) is 5.56 Å². The van der Waals surface area contributed by atoms with Crippen molar-refractivity contribution in [2.24, 2.45) is 0 Å². The second-order valence-corrected chi connectivity index (χ2v) is 2.12. The molecule has 0 fully saturated rings. The summed E-state index contributed by atoms with van der Waals surface area (Å²) in [6.07, 6.45) is 0. The molecule has 0 bridgehead atoms. The van der Waals surface area contributed by atoms with Crippen LogP contribution in [0.2, 0.25) is 0 Å². The Bertz CT molecular complexity index is 261. The molecule has 1 aromatic carbocycles. The van der Waals surface area contributed by atoms with Crippen LogP contribution in [0.3, 0.4) is 0 Å². The highest BCUT2D eigenvalue weighted by molar-refractivity contribution is 6.67. The van der Waals surface area contributed by atoms with Crippen molar-refractivity contribution in [3.05, 3.63) is 48.8 Å². The molecule has 0 aliphatic carbocycles. The number of carbonyl (C=O) groups excluding carboxylic acids is 1. The lowest BCUT2D eigenvalue weighted by molar-refractivity contribution is 0.108. The van der Waals surface area contributed by atoms with Gasteiger partial charge in [-0.25, -0.2) is 4.39 Å². The van der Waals surface area contributed by atoms with Crippen molar-refractivity contribution in [2.45, 2.75) is 0 Å². The summed E-state index contributed by atoms with van der Waals surface area (Å²) in [5, 5.41) is -0.569. The molecule has 1 rings (SSSR count). The summed E-state index contributed by atoms with van der Waals surface area (Å²) < 4.78 is 12.2. The predicted molar refractivity (Wildman–Crippen MR) is 62.3 cm³/mol. The Kier molecular flexibility index (Phi) is 14.3. The van der Waals surface area contributed by atoms with Gasteiger partial charge in [0.25, 0.3) is 5.24 Å². The fourth-order valence-corrected chi connectivity index (χ4v) is 0.707. The second kappa shape index (κ2) is 10.5. The van der Waals surface area contributed by atoms with Crippen LogP contribution in [0.15, 0.2) is 37.4 Å². The van der Waals surface area contributed by atoms with Gasteiger partial charge in [0.15, 0.2) is 0 Å². The van der Waals surface area contributed by atoms with Gasteiger partial charge in [-0.3, -0.25) is 4.79 Å². The Labute approximate surface area is 99.8 Å². The van der Waals surface area contributed by atoms with Gasteiger partial charge in [0.05, 0.1) is 0 Å². The molecule has 0 N–H and O–H groups in total. The molecule has 0 unspecified atom stereocenters. The third-order valence-electron chi connectivity index (χ3n) is 1.07. The van der Waals surface area contributed by atoms with E-state index in [-0.39, 0.29) is 30.6 Å². The molecule has 0 aromatic heterocycles. The van der Waals surface area contributed by atoms with E-state index in [1.165, 1.54) is 24.3 Å². The van der Waals surface area contributed by atoms with Crippen LogP contribution in [0.1, 0.15) is 10.4 Å². The van der Waals surface area contributed by atoms with Crippen molar-refractivity contribution in [3.63, 3.8) is 0 Å². The number of carbonyl (C=O) groups is 1. The summed E-state index contributed by atoms with van der Waals surface area (Å²) in [7, 11) is 0. The van der Waals surface area contributed by atoms with Gasteiger partial charge in [-0.15, -0.1) is 38.0 Å². The summed E-state index contributed by atoms with van der Waals surface area (Å²) in [4.78, 5) is 10.4. The Morgan fingerprint density at radius 2 is 1.50 bits per heavy atom. The van der Waals surface area contributed by atoms with Crippen LogP contribution >= 0.6 is 36.4 Å². The largest absolute Gasteiger partial charge is 0.276 e. The Hall–Kier alpha value is -0.570. The van der Waals surface area contributed by atoms with Gasteiger partial charge in [-0.05, 0) is 35.9 Å². The van der Waals surface area contributed by atoms with E-state index in [2.05, 4.69) is 13.2 Å². The first-order chi connectivity index (χ1) is 5.70. The number of halogens is 4. The Morgan fingerprint density at radius 3 is 1.79 bits per heavy atom. The average Bonchev–Trinajstić information content (AvgIpc) is 2.09. The van der Waals surface area contributed by atoms with Crippen molar-refractivity contribution < 1.29 is 9.18 Å². The van der Waals surface area contributed by atoms with E-state index in [9.17, 15) is 9.18 Å². The van der Waals surface area contributed by atoms with Crippen LogP contribution in [-0.4, -0.2) is 5.24 Å². The molecule has 0 radical (unpaired) electrons. The molecule has 80 valence electrons. The molecule has 0 saturated carbocycles. The number of hydrogen-bond acceptors (Lipinski definition) is 1. The quantitative estimate of drug-likeness (QED) is 0.553. The maximum atomic E-state index is 12.2. The monoisotopic (exact) mass is 258 g/mol. The molecule has 14 heavy (non-hydrogen) atoms. The van der Waals surface area contributed by atoms with Crippen LogP contribution in [0.5, 0.6) is 0 Å². The minimum Gasteiger partial charge on any atom is -0.276 e. The van der Waals surface area contributed by atoms with E-state index >= 15 is 0 Å². The molecular weight excluding hydrogens is 249 g/mol. The lowest BCUT2D eigenvalue weighted by Crippen LogP contribution is -1.87. The molecule has 1 nitrogen and oxygen atoms in total. The van der Waals surface area contributed by atoms with E-state index in [1.807, 2.05) is 0 Å². The molecular formula is C9H10Cl3FO. The van der Waals surface area contributed by atoms with Crippen LogP contribution in [0.25, 0.3) is 0 Å². The smallest absolute Gasteiger partial charge is 0.252 e. The summed E-state index contributed by atoms with van der Waals surface area (Å²) in [6, 6.07) is 5.06. The SMILES string of the molecule is C=C.Cl.Cl.O=C(Cl)c1ccc(F)cc1. The molecule has 0 amide bonds. The van der Waals surface area contributed by atoms with Crippen molar-refractivity contribution in [3.8, 4) is 0 Å². The van der Waals surface area contributed by atoms with Crippen molar-refractivity contribution in [2.75, 3.05) is 0 Å². The molecule has 0 spiro atoms. The lowest BCUT2D eigenvalue weighted by atomic mass is 10.2. The zero-order valence-electron chi connectivity index (χ0n) is 7.20. The maximum absolute atomic E-state index is 12.2. The highest BCUT2D eigenvalue weighted by atomic mass is 35.5. The van der Waals surface area contributed by atoms with Crippen LogP contribution in [0, 0.1) is 5.82 Å². The van der Waals surface area contributed by atoms with E-state index in [0.717, 1.165) is 0 Å². The third kappa shape index (κ3) is 6.89. The van der Waals surface area contributed by atoms with Crippen LogP contribution in [0.4, 0.5) is 4.39 Å². The highest BCUT2D eigenvalue weighted by Gasteiger charge is 1.99. The van der Waals surface area contributed by atoms with Gasteiger partial charge < -0.3 is 0 Å². The first kappa shape index (κ1) is 19.1. The molecule has 0 saturated heterocycles. The zero-order valence-corrected chi connectivity index (χ0v) is 9.59. The van der Waals surface area contributed by atoms with Gasteiger partial charge >= 0.3 is 0 Å². The first-order valence-electron chi connectivity index (χ1n) is 3.15. The van der Waals surface area contributed by atoms with Gasteiger partial charge in [-0.1, -0.05) is 0 Å².